The predicted octanol–water partition coefficient (Wildman–Crippen LogP) is 4.47. The fourth-order valence-electron chi connectivity index (χ4n) is 3.86. The van der Waals surface area contributed by atoms with Crippen LogP contribution in [0.3, 0.4) is 0 Å². The van der Waals surface area contributed by atoms with E-state index in [1.807, 2.05) is 69.7 Å². The van der Waals surface area contributed by atoms with Crippen molar-refractivity contribution in [2.24, 2.45) is 0 Å². The van der Waals surface area contributed by atoms with Gasteiger partial charge >= 0.3 is 0 Å². The smallest absolute Gasteiger partial charge is 0.273 e. The van der Waals surface area contributed by atoms with Crippen LogP contribution < -0.4 is 0 Å². The zero-order valence-corrected chi connectivity index (χ0v) is 19.1. The Balaban J connectivity index is 1.16. The number of carbonyl (C=O) groups excluding carboxylic acids is 1. The molecular formula is C26H25N5OS. The molecule has 3 heterocycles. The molecule has 1 saturated heterocycles. The molecule has 1 aliphatic rings. The third-order valence-corrected chi connectivity index (χ3v) is 6.60. The van der Waals surface area contributed by atoms with Gasteiger partial charge in [-0.05, 0) is 17.7 Å². The lowest BCUT2D eigenvalue weighted by Gasteiger charge is -2.33. The number of thiazole rings is 1. The first-order valence-electron chi connectivity index (χ1n) is 11.1. The number of hydrogen-bond donors (Lipinski definition) is 0. The molecule has 2 aromatic heterocycles. The number of hydrogen-bond acceptors (Lipinski definition) is 5. The van der Waals surface area contributed by atoms with Gasteiger partial charge in [-0.3, -0.25) is 9.69 Å². The van der Waals surface area contributed by atoms with Gasteiger partial charge in [0.25, 0.3) is 5.91 Å². The van der Waals surface area contributed by atoms with Crippen LogP contribution in [-0.2, 0) is 0 Å². The molecule has 0 radical (unpaired) electrons. The number of nitrogens with zero attached hydrogens (tertiary/aromatic N) is 5. The minimum absolute atomic E-state index is 0.00688. The first-order chi connectivity index (χ1) is 16.3. The summed E-state index contributed by atoms with van der Waals surface area (Å²) in [5, 5.41) is 7.10. The highest BCUT2D eigenvalue weighted by molar-refractivity contribution is 7.13. The fraction of sp³-hybridized carbons (Fsp3) is 0.192. The molecule has 0 N–H and O–H groups in total. The van der Waals surface area contributed by atoms with Gasteiger partial charge in [0, 0.05) is 49.9 Å². The molecule has 1 aliphatic heterocycles. The molecule has 0 bridgehead atoms. The van der Waals surface area contributed by atoms with Crippen molar-refractivity contribution in [2.75, 3.05) is 32.7 Å². The Bertz CT molecular complexity index is 1220. The van der Waals surface area contributed by atoms with Gasteiger partial charge in [-0.2, -0.15) is 5.10 Å². The third kappa shape index (κ3) is 5.10. The van der Waals surface area contributed by atoms with E-state index in [0.717, 1.165) is 49.0 Å². The van der Waals surface area contributed by atoms with Crippen molar-refractivity contribution in [2.45, 2.75) is 0 Å². The Morgan fingerprint density at radius 2 is 1.70 bits per heavy atom. The highest BCUT2D eigenvalue weighted by Gasteiger charge is 2.23. The average molecular weight is 456 g/mol. The van der Waals surface area contributed by atoms with Crippen LogP contribution in [0.4, 0.5) is 0 Å². The van der Waals surface area contributed by atoms with Crippen molar-refractivity contribution in [3.63, 3.8) is 0 Å². The molecule has 5 rings (SSSR count). The van der Waals surface area contributed by atoms with Crippen LogP contribution in [0.5, 0.6) is 0 Å². The standard InChI is InChI=1S/C26H25N5OS/c32-26(30-16-14-29(15-17-30)13-7-10-21-8-3-1-4-9-21)24-20-33-25(28-24)22-18-27-31(19-22)23-11-5-2-6-12-23/h1-12,18-20H,13-17H2/b10-7+. The topological polar surface area (TPSA) is 54.3 Å². The summed E-state index contributed by atoms with van der Waals surface area (Å²) in [5.74, 6) is 0.00688. The van der Waals surface area contributed by atoms with Gasteiger partial charge in [-0.15, -0.1) is 11.3 Å². The molecule has 33 heavy (non-hydrogen) atoms. The maximum absolute atomic E-state index is 13.0. The van der Waals surface area contributed by atoms with Crippen molar-refractivity contribution in [3.8, 4) is 16.3 Å². The summed E-state index contributed by atoms with van der Waals surface area (Å²) in [6.45, 7) is 4.06. The normalized spacial score (nSPS) is 14.7. The van der Waals surface area contributed by atoms with E-state index in [4.69, 9.17) is 0 Å². The average Bonchev–Trinajstić information content (AvgIpc) is 3.56. The number of aromatic nitrogens is 3. The minimum atomic E-state index is 0.00688. The number of benzene rings is 2. The molecule has 2 aromatic carbocycles. The minimum Gasteiger partial charge on any atom is -0.335 e. The van der Waals surface area contributed by atoms with E-state index in [1.54, 1.807) is 6.20 Å². The van der Waals surface area contributed by atoms with Crippen LogP contribution in [0, 0.1) is 0 Å². The highest BCUT2D eigenvalue weighted by atomic mass is 32.1. The molecule has 6 nitrogen and oxygen atoms in total. The van der Waals surface area contributed by atoms with Crippen molar-refractivity contribution >= 4 is 23.3 Å². The van der Waals surface area contributed by atoms with Gasteiger partial charge in [0.1, 0.15) is 10.7 Å². The summed E-state index contributed by atoms with van der Waals surface area (Å²) in [4.78, 5) is 21.9. The van der Waals surface area contributed by atoms with Gasteiger partial charge in [-0.25, -0.2) is 9.67 Å². The summed E-state index contributed by atoms with van der Waals surface area (Å²) in [7, 11) is 0. The Morgan fingerprint density at radius 1 is 0.970 bits per heavy atom. The van der Waals surface area contributed by atoms with Gasteiger partial charge < -0.3 is 4.90 Å². The molecule has 0 aliphatic carbocycles. The molecule has 7 heteroatoms. The molecule has 1 fully saturated rings. The highest BCUT2D eigenvalue weighted by Crippen LogP contribution is 2.25. The quantitative estimate of drug-likeness (QED) is 0.431. The Morgan fingerprint density at radius 3 is 2.45 bits per heavy atom. The van der Waals surface area contributed by atoms with E-state index in [1.165, 1.54) is 16.9 Å². The molecule has 0 spiro atoms. The van der Waals surface area contributed by atoms with Crippen LogP contribution >= 0.6 is 11.3 Å². The van der Waals surface area contributed by atoms with E-state index in [2.05, 4.69) is 39.3 Å². The maximum atomic E-state index is 13.0. The van der Waals surface area contributed by atoms with Crippen LogP contribution in [0.2, 0.25) is 0 Å². The fourth-order valence-corrected chi connectivity index (χ4v) is 4.63. The number of para-hydroxylation sites is 1. The second-order valence-corrected chi connectivity index (χ2v) is 8.81. The summed E-state index contributed by atoms with van der Waals surface area (Å²) in [5.41, 5.74) is 3.63. The SMILES string of the molecule is O=C(c1csc(-c2cnn(-c3ccccc3)c2)n1)N1CCN(C/C=C/c2ccccc2)CC1. The molecule has 1 amide bonds. The van der Waals surface area contributed by atoms with Gasteiger partial charge in [0.15, 0.2) is 0 Å². The lowest BCUT2D eigenvalue weighted by atomic mass is 10.2. The van der Waals surface area contributed by atoms with Gasteiger partial charge in [0.05, 0.1) is 11.9 Å². The van der Waals surface area contributed by atoms with Crippen molar-refractivity contribution in [1.29, 1.82) is 0 Å². The van der Waals surface area contributed by atoms with E-state index >= 15 is 0 Å². The van der Waals surface area contributed by atoms with E-state index in [0.29, 0.717) is 5.69 Å². The number of piperazine rings is 1. The molecule has 0 atom stereocenters. The third-order valence-electron chi connectivity index (χ3n) is 5.71. The van der Waals surface area contributed by atoms with E-state index < -0.39 is 0 Å². The summed E-state index contributed by atoms with van der Waals surface area (Å²) in [6, 6.07) is 20.3. The molecule has 166 valence electrons. The molecular weight excluding hydrogens is 430 g/mol. The second kappa shape index (κ2) is 9.94. The van der Waals surface area contributed by atoms with Crippen molar-refractivity contribution < 1.29 is 4.79 Å². The summed E-state index contributed by atoms with van der Waals surface area (Å²) < 4.78 is 1.82. The molecule has 4 aromatic rings. The van der Waals surface area contributed by atoms with Gasteiger partial charge in [-0.1, -0.05) is 60.7 Å². The van der Waals surface area contributed by atoms with Crippen molar-refractivity contribution in [3.05, 3.63) is 95.8 Å². The Kier molecular flexibility index (Phi) is 6.41. The van der Waals surface area contributed by atoms with Crippen LogP contribution in [-0.4, -0.2) is 63.2 Å². The predicted molar refractivity (Wildman–Crippen MR) is 132 cm³/mol. The lowest BCUT2D eigenvalue weighted by Crippen LogP contribution is -2.48. The number of rotatable bonds is 6. The molecule has 0 saturated carbocycles. The largest absolute Gasteiger partial charge is 0.335 e. The second-order valence-electron chi connectivity index (χ2n) is 7.95. The number of carbonyl (C=O) groups is 1. The van der Waals surface area contributed by atoms with Crippen LogP contribution in [0.25, 0.3) is 22.3 Å². The first-order valence-corrected chi connectivity index (χ1v) is 11.9. The van der Waals surface area contributed by atoms with Crippen molar-refractivity contribution in [1.82, 2.24) is 24.6 Å². The maximum Gasteiger partial charge on any atom is 0.273 e. The first kappa shape index (κ1) is 21.3. The Labute approximate surface area is 197 Å². The zero-order valence-electron chi connectivity index (χ0n) is 18.2. The summed E-state index contributed by atoms with van der Waals surface area (Å²) in [6.07, 6.45) is 8.08. The van der Waals surface area contributed by atoms with E-state index in [-0.39, 0.29) is 5.91 Å². The van der Waals surface area contributed by atoms with Crippen LogP contribution in [0.15, 0.2) is 84.5 Å². The number of amides is 1. The summed E-state index contributed by atoms with van der Waals surface area (Å²) >= 11 is 1.48. The Hall–Kier alpha value is -3.55. The van der Waals surface area contributed by atoms with Gasteiger partial charge in [0.2, 0.25) is 0 Å². The van der Waals surface area contributed by atoms with E-state index in [9.17, 15) is 4.79 Å². The lowest BCUT2D eigenvalue weighted by molar-refractivity contribution is 0.0645. The molecule has 0 unspecified atom stereocenters. The monoisotopic (exact) mass is 455 g/mol. The zero-order chi connectivity index (χ0) is 22.5. The van der Waals surface area contributed by atoms with Crippen LogP contribution in [0.1, 0.15) is 16.1 Å².